The van der Waals surface area contributed by atoms with Crippen LogP contribution in [0.2, 0.25) is 5.02 Å². The number of aryl methyl sites for hydroxylation is 1. The lowest BCUT2D eigenvalue weighted by atomic mass is 10.2. The van der Waals surface area contributed by atoms with Gasteiger partial charge in [-0.15, -0.1) is 24.8 Å². The standard InChI is InChI=1S/C14H18ClN3O.2ClH/c1-19-14-4-3-13(15)9-12(14)10-16-5-2-7-18-8-6-17-11-18;;/h3-4,6,8-9,11,16H,2,5,7,10H2,1H3;2*1H. The third kappa shape index (κ3) is 6.57. The van der Waals surface area contributed by atoms with Crippen LogP contribution in [0.25, 0.3) is 0 Å². The van der Waals surface area contributed by atoms with E-state index in [1.807, 2.05) is 30.7 Å². The molecule has 2 rings (SSSR count). The van der Waals surface area contributed by atoms with Crippen LogP contribution in [0.15, 0.2) is 36.9 Å². The van der Waals surface area contributed by atoms with Gasteiger partial charge in [0.1, 0.15) is 5.75 Å². The molecular weight excluding hydrogens is 333 g/mol. The van der Waals surface area contributed by atoms with Gasteiger partial charge in [-0.05, 0) is 31.2 Å². The van der Waals surface area contributed by atoms with E-state index in [9.17, 15) is 0 Å². The summed E-state index contributed by atoms with van der Waals surface area (Å²) < 4.78 is 7.38. The Morgan fingerprint density at radius 2 is 2.14 bits per heavy atom. The predicted octanol–water partition coefficient (Wildman–Crippen LogP) is 3.57. The summed E-state index contributed by atoms with van der Waals surface area (Å²) in [5, 5.41) is 4.13. The molecule has 0 radical (unpaired) electrons. The third-order valence-corrected chi connectivity index (χ3v) is 3.12. The van der Waals surface area contributed by atoms with Crippen LogP contribution in [-0.4, -0.2) is 23.2 Å². The molecule has 0 spiro atoms. The van der Waals surface area contributed by atoms with Gasteiger partial charge in [-0.3, -0.25) is 0 Å². The molecule has 0 fully saturated rings. The molecule has 1 heterocycles. The zero-order chi connectivity index (χ0) is 13.5. The van der Waals surface area contributed by atoms with Crippen LogP contribution in [0.1, 0.15) is 12.0 Å². The van der Waals surface area contributed by atoms with E-state index in [-0.39, 0.29) is 24.8 Å². The quantitative estimate of drug-likeness (QED) is 0.774. The summed E-state index contributed by atoms with van der Waals surface area (Å²) in [6.07, 6.45) is 6.66. The highest BCUT2D eigenvalue weighted by Crippen LogP contribution is 2.22. The molecule has 1 aromatic carbocycles. The average Bonchev–Trinajstić information content (AvgIpc) is 2.92. The van der Waals surface area contributed by atoms with Crippen LogP contribution in [0.4, 0.5) is 0 Å². The van der Waals surface area contributed by atoms with Crippen LogP contribution in [0.3, 0.4) is 0 Å². The molecule has 0 aliphatic carbocycles. The number of hydrogen-bond donors (Lipinski definition) is 1. The summed E-state index contributed by atoms with van der Waals surface area (Å²) in [7, 11) is 1.67. The first-order valence-corrected chi connectivity index (χ1v) is 6.66. The monoisotopic (exact) mass is 351 g/mol. The van der Waals surface area contributed by atoms with E-state index in [2.05, 4.69) is 14.9 Å². The lowest BCUT2D eigenvalue weighted by Gasteiger charge is -2.10. The largest absolute Gasteiger partial charge is 0.496 e. The summed E-state index contributed by atoms with van der Waals surface area (Å²) >= 11 is 5.99. The molecule has 0 aliphatic heterocycles. The molecule has 21 heavy (non-hydrogen) atoms. The lowest BCUT2D eigenvalue weighted by Crippen LogP contribution is -2.16. The predicted molar refractivity (Wildman–Crippen MR) is 91.1 cm³/mol. The van der Waals surface area contributed by atoms with Crippen LogP contribution < -0.4 is 10.1 Å². The Morgan fingerprint density at radius 3 is 2.81 bits per heavy atom. The number of ether oxygens (including phenoxy) is 1. The van der Waals surface area contributed by atoms with Gasteiger partial charge in [-0.25, -0.2) is 4.98 Å². The highest BCUT2D eigenvalue weighted by molar-refractivity contribution is 6.30. The summed E-state index contributed by atoms with van der Waals surface area (Å²) in [6, 6.07) is 5.66. The minimum atomic E-state index is 0. The van der Waals surface area contributed by atoms with E-state index in [1.165, 1.54) is 0 Å². The zero-order valence-corrected chi connectivity index (χ0v) is 14.2. The smallest absolute Gasteiger partial charge is 0.123 e. The second-order valence-corrected chi connectivity index (χ2v) is 4.72. The van der Waals surface area contributed by atoms with Gasteiger partial charge in [0.15, 0.2) is 0 Å². The third-order valence-electron chi connectivity index (χ3n) is 2.89. The first kappa shape index (κ1) is 20.1. The van der Waals surface area contributed by atoms with Gasteiger partial charge < -0.3 is 14.6 Å². The summed E-state index contributed by atoms with van der Waals surface area (Å²) in [6.45, 7) is 2.67. The molecule has 2 aromatic rings. The van der Waals surface area contributed by atoms with Crippen molar-refractivity contribution in [2.24, 2.45) is 0 Å². The van der Waals surface area contributed by atoms with E-state index in [1.54, 1.807) is 13.3 Å². The molecular formula is C14H20Cl3N3O. The van der Waals surface area contributed by atoms with Crippen molar-refractivity contribution in [2.75, 3.05) is 13.7 Å². The fraction of sp³-hybridized carbons (Fsp3) is 0.357. The van der Waals surface area contributed by atoms with Gasteiger partial charge in [-0.2, -0.15) is 0 Å². The Bertz CT molecular complexity index is 506. The van der Waals surface area contributed by atoms with E-state index in [0.717, 1.165) is 42.4 Å². The van der Waals surface area contributed by atoms with Gasteiger partial charge in [0.25, 0.3) is 0 Å². The first-order valence-electron chi connectivity index (χ1n) is 6.28. The van der Waals surface area contributed by atoms with Crippen molar-refractivity contribution in [1.82, 2.24) is 14.9 Å². The van der Waals surface area contributed by atoms with Crippen molar-refractivity contribution in [2.45, 2.75) is 19.5 Å². The molecule has 0 amide bonds. The molecule has 0 saturated heterocycles. The van der Waals surface area contributed by atoms with Gasteiger partial charge >= 0.3 is 0 Å². The molecule has 1 aromatic heterocycles. The van der Waals surface area contributed by atoms with Crippen LogP contribution >= 0.6 is 36.4 Å². The number of nitrogens with zero attached hydrogens (tertiary/aromatic N) is 2. The van der Waals surface area contributed by atoms with E-state index in [0.29, 0.717) is 0 Å². The SMILES string of the molecule is COc1ccc(Cl)cc1CNCCCn1ccnc1.Cl.Cl. The molecule has 0 aliphatic rings. The Kier molecular flexibility index (Phi) is 10.3. The number of hydrogen-bond acceptors (Lipinski definition) is 3. The Hall–Kier alpha value is -0.940. The second kappa shape index (κ2) is 10.7. The van der Waals surface area contributed by atoms with Crippen molar-refractivity contribution >= 4 is 36.4 Å². The van der Waals surface area contributed by atoms with Crippen LogP contribution in [0, 0.1) is 0 Å². The maximum Gasteiger partial charge on any atom is 0.123 e. The maximum atomic E-state index is 5.99. The molecule has 4 nitrogen and oxygen atoms in total. The number of imidazole rings is 1. The van der Waals surface area contributed by atoms with E-state index in [4.69, 9.17) is 16.3 Å². The highest BCUT2D eigenvalue weighted by Gasteiger charge is 2.03. The zero-order valence-electron chi connectivity index (χ0n) is 11.8. The Balaban J connectivity index is 0.00000200. The molecule has 0 saturated carbocycles. The van der Waals surface area contributed by atoms with Crippen molar-refractivity contribution in [1.29, 1.82) is 0 Å². The number of nitrogens with one attached hydrogen (secondary N) is 1. The fourth-order valence-electron chi connectivity index (χ4n) is 1.91. The lowest BCUT2D eigenvalue weighted by molar-refractivity contribution is 0.407. The van der Waals surface area contributed by atoms with Gasteiger partial charge in [0.05, 0.1) is 13.4 Å². The van der Waals surface area contributed by atoms with Crippen molar-refractivity contribution in [3.05, 3.63) is 47.5 Å². The summed E-state index contributed by atoms with van der Waals surface area (Å²) in [5.41, 5.74) is 1.08. The summed E-state index contributed by atoms with van der Waals surface area (Å²) in [5.74, 6) is 0.867. The number of rotatable bonds is 7. The molecule has 1 N–H and O–H groups in total. The van der Waals surface area contributed by atoms with Crippen molar-refractivity contribution in [3.63, 3.8) is 0 Å². The maximum absolute atomic E-state index is 5.99. The molecule has 0 atom stereocenters. The van der Waals surface area contributed by atoms with Crippen molar-refractivity contribution in [3.8, 4) is 5.75 Å². The van der Waals surface area contributed by atoms with Crippen LogP contribution in [-0.2, 0) is 13.1 Å². The molecule has 7 heteroatoms. The van der Waals surface area contributed by atoms with Gasteiger partial charge in [0, 0.05) is 36.1 Å². The average molecular weight is 353 g/mol. The minimum absolute atomic E-state index is 0. The van der Waals surface area contributed by atoms with Gasteiger partial charge in [0.2, 0.25) is 0 Å². The highest BCUT2D eigenvalue weighted by atomic mass is 35.5. The topological polar surface area (TPSA) is 39.1 Å². The van der Waals surface area contributed by atoms with E-state index < -0.39 is 0 Å². The van der Waals surface area contributed by atoms with Crippen molar-refractivity contribution < 1.29 is 4.74 Å². The molecule has 118 valence electrons. The first-order chi connectivity index (χ1) is 9.29. The summed E-state index contributed by atoms with van der Waals surface area (Å²) in [4.78, 5) is 4.01. The fourth-order valence-corrected chi connectivity index (χ4v) is 2.11. The number of methoxy groups -OCH3 is 1. The molecule has 0 unspecified atom stereocenters. The Labute approximate surface area is 142 Å². The number of aromatic nitrogens is 2. The molecule has 0 bridgehead atoms. The Morgan fingerprint density at radius 1 is 1.33 bits per heavy atom. The normalized spacial score (nSPS) is 9.62. The minimum Gasteiger partial charge on any atom is -0.496 e. The number of halogens is 3. The van der Waals surface area contributed by atoms with Gasteiger partial charge in [-0.1, -0.05) is 11.6 Å². The van der Waals surface area contributed by atoms with E-state index >= 15 is 0 Å². The number of benzene rings is 1. The second-order valence-electron chi connectivity index (χ2n) is 4.29. The van der Waals surface area contributed by atoms with Crippen LogP contribution in [0.5, 0.6) is 5.75 Å².